The highest BCUT2D eigenvalue weighted by Gasteiger charge is 2.37. The van der Waals surface area contributed by atoms with Crippen LogP contribution in [0.5, 0.6) is 0 Å². The quantitative estimate of drug-likeness (QED) is 0.302. The van der Waals surface area contributed by atoms with Gasteiger partial charge in [0, 0.05) is 16.7 Å². The van der Waals surface area contributed by atoms with E-state index in [9.17, 15) is 9.59 Å². The molecule has 1 N–H and O–H groups in total. The van der Waals surface area contributed by atoms with E-state index in [1.165, 1.54) is 6.42 Å². The van der Waals surface area contributed by atoms with Crippen molar-refractivity contribution in [1.29, 1.82) is 0 Å². The molecule has 4 nitrogen and oxygen atoms in total. The normalized spacial score (nSPS) is 15.7. The van der Waals surface area contributed by atoms with Crippen LogP contribution in [0.2, 0.25) is 0 Å². The lowest BCUT2D eigenvalue weighted by atomic mass is 9.82. The summed E-state index contributed by atoms with van der Waals surface area (Å²) in [4.78, 5) is 28.8. The van der Waals surface area contributed by atoms with Gasteiger partial charge >= 0.3 is 0 Å². The fourth-order valence-electron chi connectivity index (χ4n) is 4.24. The maximum atomic E-state index is 13.6. The summed E-state index contributed by atoms with van der Waals surface area (Å²) in [6, 6.07) is 7.37. The number of hydrogen-bond donors (Lipinski definition) is 1. The number of halogens is 1. The molecular formula is C24H37IN2O2. The molecule has 2 amide bonds. The largest absolute Gasteiger partial charge is 0.354 e. The van der Waals surface area contributed by atoms with E-state index in [0.29, 0.717) is 18.7 Å². The minimum atomic E-state index is -0.354. The van der Waals surface area contributed by atoms with Crippen LogP contribution in [0.1, 0.15) is 88.4 Å². The fourth-order valence-corrected chi connectivity index (χ4v) is 4.86. The Morgan fingerprint density at radius 2 is 1.76 bits per heavy atom. The molecule has 0 bridgehead atoms. The number of unbranched alkanes of at least 4 members (excludes halogenated alkanes) is 3. The maximum Gasteiger partial charge on any atom is 0.255 e. The van der Waals surface area contributed by atoms with Crippen molar-refractivity contribution in [3.8, 4) is 0 Å². The first kappa shape index (κ1) is 24.2. The zero-order valence-corrected chi connectivity index (χ0v) is 20.2. The van der Waals surface area contributed by atoms with Crippen molar-refractivity contribution in [2.24, 2.45) is 5.92 Å². The average Bonchev–Trinajstić information content (AvgIpc) is 2.74. The van der Waals surface area contributed by atoms with Crippen LogP contribution < -0.4 is 5.32 Å². The molecule has 5 heteroatoms. The Bertz CT molecular complexity index is 644. The standard InChI is InChI=1S/C24H37IN2O2/c1-3-5-12-18-27(24(29)20-15-10-11-16-21(20)25)22(19-13-8-7-9-14-19)23(28)26-17-6-4-2/h10-11,15-16,19,22H,3-9,12-14,17-18H2,1-2H3,(H,26,28). The van der Waals surface area contributed by atoms with Gasteiger partial charge in [0.2, 0.25) is 5.91 Å². The van der Waals surface area contributed by atoms with Crippen molar-refractivity contribution in [3.63, 3.8) is 0 Å². The van der Waals surface area contributed by atoms with Crippen molar-refractivity contribution < 1.29 is 9.59 Å². The van der Waals surface area contributed by atoms with E-state index in [-0.39, 0.29) is 23.8 Å². The second-order valence-corrected chi connectivity index (χ2v) is 9.34. The lowest BCUT2D eigenvalue weighted by molar-refractivity contribution is -0.128. The molecule has 1 aromatic rings. The van der Waals surface area contributed by atoms with E-state index in [1.807, 2.05) is 29.2 Å². The minimum absolute atomic E-state index is 0.00678. The molecule has 0 radical (unpaired) electrons. The number of rotatable bonds is 11. The van der Waals surface area contributed by atoms with Gasteiger partial charge in [-0.1, -0.05) is 64.5 Å². The minimum Gasteiger partial charge on any atom is -0.354 e. The van der Waals surface area contributed by atoms with Gasteiger partial charge in [0.25, 0.3) is 5.91 Å². The van der Waals surface area contributed by atoms with E-state index in [1.54, 1.807) is 0 Å². The first-order chi connectivity index (χ1) is 14.1. The van der Waals surface area contributed by atoms with Gasteiger partial charge < -0.3 is 10.2 Å². The summed E-state index contributed by atoms with van der Waals surface area (Å²) in [5.41, 5.74) is 0.715. The van der Waals surface area contributed by atoms with E-state index in [2.05, 4.69) is 41.8 Å². The molecule has 162 valence electrons. The van der Waals surface area contributed by atoms with Crippen molar-refractivity contribution in [2.75, 3.05) is 13.1 Å². The third-order valence-corrected chi connectivity index (χ3v) is 6.84. The third kappa shape index (κ3) is 7.26. The summed E-state index contributed by atoms with van der Waals surface area (Å²) >= 11 is 2.23. The number of benzene rings is 1. The lowest BCUT2D eigenvalue weighted by Gasteiger charge is -2.38. The Hall–Kier alpha value is -1.11. The van der Waals surface area contributed by atoms with Crippen molar-refractivity contribution in [2.45, 2.75) is 84.1 Å². The fraction of sp³-hybridized carbons (Fsp3) is 0.667. The summed E-state index contributed by atoms with van der Waals surface area (Å²) in [6.07, 6.45) is 10.8. The summed E-state index contributed by atoms with van der Waals surface area (Å²) < 4.78 is 0.948. The molecule has 0 heterocycles. The molecule has 0 aliphatic heterocycles. The van der Waals surface area contributed by atoms with E-state index in [4.69, 9.17) is 0 Å². The summed E-state index contributed by atoms with van der Waals surface area (Å²) in [6.45, 7) is 5.64. The second kappa shape index (κ2) is 13.2. The predicted molar refractivity (Wildman–Crippen MR) is 128 cm³/mol. The third-order valence-electron chi connectivity index (χ3n) is 5.90. The van der Waals surface area contributed by atoms with Crippen LogP contribution in [-0.4, -0.2) is 35.8 Å². The Balaban J connectivity index is 2.31. The average molecular weight is 512 g/mol. The van der Waals surface area contributed by atoms with Gasteiger partial charge in [0.15, 0.2) is 0 Å². The molecular weight excluding hydrogens is 475 g/mol. The first-order valence-electron chi connectivity index (χ1n) is 11.4. The number of nitrogens with one attached hydrogen (secondary N) is 1. The van der Waals surface area contributed by atoms with Crippen LogP contribution in [-0.2, 0) is 4.79 Å². The second-order valence-electron chi connectivity index (χ2n) is 8.17. The van der Waals surface area contributed by atoms with Crippen molar-refractivity contribution in [1.82, 2.24) is 10.2 Å². The van der Waals surface area contributed by atoms with Crippen molar-refractivity contribution in [3.05, 3.63) is 33.4 Å². The van der Waals surface area contributed by atoms with Gasteiger partial charge in [-0.3, -0.25) is 9.59 Å². The summed E-state index contributed by atoms with van der Waals surface area (Å²) in [7, 11) is 0. The zero-order valence-electron chi connectivity index (χ0n) is 18.1. The molecule has 1 aliphatic carbocycles. The SMILES string of the molecule is CCCCCN(C(=O)c1ccccc1I)C(C(=O)NCCCC)C1CCCCC1. The Labute approximate surface area is 190 Å². The van der Waals surface area contributed by atoms with Crippen molar-refractivity contribution >= 4 is 34.4 Å². The van der Waals surface area contributed by atoms with Gasteiger partial charge in [-0.15, -0.1) is 0 Å². The number of nitrogens with zero attached hydrogens (tertiary/aromatic N) is 1. The highest BCUT2D eigenvalue weighted by molar-refractivity contribution is 14.1. The monoisotopic (exact) mass is 512 g/mol. The zero-order chi connectivity index (χ0) is 21.1. The molecule has 1 atom stereocenters. The maximum absolute atomic E-state index is 13.6. The smallest absolute Gasteiger partial charge is 0.255 e. The Morgan fingerprint density at radius 1 is 1.07 bits per heavy atom. The Morgan fingerprint density at radius 3 is 2.41 bits per heavy atom. The topological polar surface area (TPSA) is 49.4 Å². The van der Waals surface area contributed by atoms with Gasteiger partial charge in [-0.05, 0) is 66.3 Å². The Kier molecular flexibility index (Phi) is 11.0. The number of hydrogen-bond acceptors (Lipinski definition) is 2. The van der Waals surface area contributed by atoms with E-state index < -0.39 is 0 Å². The molecule has 0 saturated heterocycles. The first-order valence-corrected chi connectivity index (χ1v) is 12.5. The van der Waals surface area contributed by atoms with Gasteiger partial charge in [-0.2, -0.15) is 0 Å². The highest BCUT2D eigenvalue weighted by Crippen LogP contribution is 2.31. The molecule has 29 heavy (non-hydrogen) atoms. The van der Waals surface area contributed by atoms with E-state index >= 15 is 0 Å². The molecule has 1 aromatic carbocycles. The van der Waals surface area contributed by atoms with E-state index in [0.717, 1.165) is 61.4 Å². The van der Waals surface area contributed by atoms with Crippen LogP contribution >= 0.6 is 22.6 Å². The lowest BCUT2D eigenvalue weighted by Crippen LogP contribution is -2.54. The highest BCUT2D eigenvalue weighted by atomic mass is 127. The number of amides is 2. The summed E-state index contributed by atoms with van der Waals surface area (Å²) in [5, 5.41) is 3.14. The molecule has 1 fully saturated rings. The molecule has 0 spiro atoms. The molecule has 1 aliphatic rings. The molecule has 2 rings (SSSR count). The number of carbonyl (C=O) groups is 2. The number of carbonyl (C=O) groups excluding carboxylic acids is 2. The van der Waals surface area contributed by atoms with Gasteiger partial charge in [0.1, 0.15) is 6.04 Å². The molecule has 1 saturated carbocycles. The summed E-state index contributed by atoms with van der Waals surface area (Å²) in [5.74, 6) is 0.311. The van der Waals surface area contributed by atoms with Gasteiger partial charge in [-0.25, -0.2) is 0 Å². The van der Waals surface area contributed by atoms with Crippen LogP contribution in [0, 0.1) is 9.49 Å². The van der Waals surface area contributed by atoms with Crippen LogP contribution in [0.3, 0.4) is 0 Å². The molecule has 1 unspecified atom stereocenters. The van der Waals surface area contributed by atoms with Crippen LogP contribution in [0.25, 0.3) is 0 Å². The molecule has 0 aromatic heterocycles. The van der Waals surface area contributed by atoms with Crippen LogP contribution in [0.4, 0.5) is 0 Å². The van der Waals surface area contributed by atoms with Crippen LogP contribution in [0.15, 0.2) is 24.3 Å². The van der Waals surface area contributed by atoms with Gasteiger partial charge in [0.05, 0.1) is 5.56 Å². The predicted octanol–water partition coefficient (Wildman–Crippen LogP) is 5.79.